The molecule has 7 nitrogen and oxygen atoms in total. The van der Waals surface area contributed by atoms with Crippen molar-refractivity contribution in [2.24, 2.45) is 11.0 Å². The first kappa shape index (κ1) is 21.3. The Morgan fingerprint density at radius 3 is 2.69 bits per heavy atom. The van der Waals surface area contributed by atoms with Crippen LogP contribution in [0.15, 0.2) is 46.0 Å². The Hall–Kier alpha value is -2.58. The average molecular weight is 500 g/mol. The number of carbonyl (C=O) groups is 1. The Morgan fingerprint density at radius 1 is 1.12 bits per heavy atom. The summed E-state index contributed by atoms with van der Waals surface area (Å²) in [6.45, 7) is 1.88. The molecule has 0 aliphatic carbocycles. The molecule has 3 aliphatic rings. The van der Waals surface area contributed by atoms with Crippen LogP contribution in [-0.4, -0.2) is 50.6 Å². The van der Waals surface area contributed by atoms with Crippen LogP contribution in [0.25, 0.3) is 0 Å². The zero-order valence-corrected chi connectivity index (χ0v) is 19.7. The molecule has 0 radical (unpaired) electrons. The van der Waals surface area contributed by atoms with Gasteiger partial charge in [0.1, 0.15) is 17.4 Å². The van der Waals surface area contributed by atoms with Gasteiger partial charge in [0.15, 0.2) is 0 Å². The van der Waals surface area contributed by atoms with Gasteiger partial charge < -0.3 is 19.1 Å². The predicted octanol–water partition coefficient (Wildman–Crippen LogP) is 4.15. The van der Waals surface area contributed by atoms with Gasteiger partial charge in [0.25, 0.3) is 0 Å². The summed E-state index contributed by atoms with van der Waals surface area (Å²) in [5, 5.41) is 6.87. The Bertz CT molecular complexity index is 1050. The van der Waals surface area contributed by atoms with E-state index >= 15 is 0 Å². The summed E-state index contributed by atoms with van der Waals surface area (Å²) >= 11 is 3.59. The molecule has 1 amide bonds. The Kier molecular flexibility index (Phi) is 5.82. The molecule has 1 fully saturated rings. The molecule has 3 heterocycles. The topological polar surface area (TPSA) is 63.6 Å². The molecule has 2 unspecified atom stereocenters. The lowest BCUT2D eigenvalue weighted by Gasteiger charge is -2.42. The monoisotopic (exact) mass is 499 g/mol. The van der Waals surface area contributed by atoms with Crippen molar-refractivity contribution in [3.63, 3.8) is 0 Å². The van der Waals surface area contributed by atoms with E-state index in [9.17, 15) is 4.79 Å². The Labute approximate surface area is 196 Å². The molecule has 2 atom stereocenters. The van der Waals surface area contributed by atoms with Gasteiger partial charge in [-0.2, -0.15) is 5.10 Å². The fraction of sp³-hybridized carbons (Fsp3) is 0.417. The Morgan fingerprint density at radius 2 is 1.94 bits per heavy atom. The molecule has 0 bridgehead atoms. The van der Waals surface area contributed by atoms with Crippen LogP contribution >= 0.6 is 15.9 Å². The van der Waals surface area contributed by atoms with E-state index in [1.807, 2.05) is 41.4 Å². The van der Waals surface area contributed by atoms with Gasteiger partial charge in [-0.15, -0.1) is 0 Å². The minimum atomic E-state index is -0.309. The van der Waals surface area contributed by atoms with Crippen molar-refractivity contribution < 1.29 is 19.0 Å². The van der Waals surface area contributed by atoms with E-state index in [0.29, 0.717) is 18.0 Å². The molecular formula is C24H26BrN3O4. The number of amides is 1. The molecule has 0 spiro atoms. The van der Waals surface area contributed by atoms with Gasteiger partial charge in [0, 0.05) is 41.1 Å². The Balaban J connectivity index is 1.53. The van der Waals surface area contributed by atoms with Crippen LogP contribution in [0.2, 0.25) is 0 Å². The molecule has 168 valence electrons. The minimum absolute atomic E-state index is 0.0526. The fourth-order valence-corrected chi connectivity index (χ4v) is 5.24. The van der Waals surface area contributed by atoms with Crippen LogP contribution in [0.5, 0.6) is 11.5 Å². The molecule has 2 aromatic rings. The lowest BCUT2D eigenvalue weighted by molar-refractivity contribution is -0.122. The maximum absolute atomic E-state index is 13.7. The molecule has 0 saturated carbocycles. The number of hydrogen-bond donors (Lipinski definition) is 0. The molecule has 5 rings (SSSR count). The zero-order valence-electron chi connectivity index (χ0n) is 18.2. The van der Waals surface area contributed by atoms with Crippen LogP contribution in [0.1, 0.15) is 30.0 Å². The largest absolute Gasteiger partial charge is 0.497 e. The molecule has 3 aliphatic heterocycles. The number of halogens is 1. The summed E-state index contributed by atoms with van der Waals surface area (Å²) in [7, 11) is 3.26. The van der Waals surface area contributed by atoms with E-state index in [0.717, 1.165) is 47.3 Å². The highest BCUT2D eigenvalue weighted by atomic mass is 79.9. The summed E-state index contributed by atoms with van der Waals surface area (Å²) < 4.78 is 17.4. The van der Waals surface area contributed by atoms with Crippen LogP contribution in [0.4, 0.5) is 5.69 Å². The number of carbonyl (C=O) groups excluding carboxylic acids is 1. The fourth-order valence-electron chi connectivity index (χ4n) is 4.89. The molecule has 1 saturated heterocycles. The van der Waals surface area contributed by atoms with Crippen molar-refractivity contribution in [3.8, 4) is 11.5 Å². The SMILES string of the molecule is COc1ccc(CN2C(=O)C3C=NN(C4CCOCC4)C3c3ccc(Br)cc32)c(OC)c1. The van der Waals surface area contributed by atoms with E-state index < -0.39 is 0 Å². The van der Waals surface area contributed by atoms with Crippen LogP contribution in [0.3, 0.4) is 0 Å². The summed E-state index contributed by atoms with van der Waals surface area (Å²) in [5.41, 5.74) is 2.95. The molecule has 32 heavy (non-hydrogen) atoms. The summed E-state index contributed by atoms with van der Waals surface area (Å²) in [5.74, 6) is 1.15. The number of nitrogens with zero attached hydrogens (tertiary/aromatic N) is 3. The average Bonchev–Trinajstić information content (AvgIpc) is 3.28. The molecular weight excluding hydrogens is 474 g/mol. The zero-order chi connectivity index (χ0) is 22.2. The lowest BCUT2D eigenvalue weighted by Crippen LogP contribution is -2.47. The van der Waals surface area contributed by atoms with Crippen molar-refractivity contribution in [2.75, 3.05) is 32.3 Å². The number of benzene rings is 2. The van der Waals surface area contributed by atoms with E-state index in [2.05, 4.69) is 27.0 Å². The molecule has 8 heteroatoms. The second-order valence-electron chi connectivity index (χ2n) is 8.26. The number of ether oxygens (including phenoxy) is 3. The number of rotatable bonds is 5. The van der Waals surface area contributed by atoms with Gasteiger partial charge >= 0.3 is 0 Å². The number of hydrazone groups is 1. The van der Waals surface area contributed by atoms with Crippen LogP contribution < -0.4 is 14.4 Å². The predicted molar refractivity (Wildman–Crippen MR) is 125 cm³/mol. The normalized spacial score (nSPS) is 22.7. The number of fused-ring (bicyclic) bond motifs is 3. The lowest BCUT2D eigenvalue weighted by atomic mass is 9.86. The molecule has 0 aromatic heterocycles. The van der Waals surface area contributed by atoms with Crippen LogP contribution in [-0.2, 0) is 16.1 Å². The van der Waals surface area contributed by atoms with Crippen molar-refractivity contribution in [1.82, 2.24) is 5.01 Å². The van der Waals surface area contributed by atoms with Gasteiger partial charge in [-0.1, -0.05) is 22.0 Å². The van der Waals surface area contributed by atoms with Crippen molar-refractivity contribution in [2.45, 2.75) is 31.5 Å². The summed E-state index contributed by atoms with van der Waals surface area (Å²) in [6.07, 6.45) is 3.67. The van der Waals surface area contributed by atoms with Crippen LogP contribution in [0, 0.1) is 5.92 Å². The summed E-state index contributed by atoms with van der Waals surface area (Å²) in [4.78, 5) is 15.6. The van der Waals surface area contributed by atoms with E-state index in [-0.39, 0.29) is 23.9 Å². The first-order valence-corrected chi connectivity index (χ1v) is 11.6. The standard InChI is InChI=1S/C24H26BrN3O4/c1-30-18-5-3-15(22(12-18)31-2)14-27-21-11-16(25)4-6-19(21)23-20(24(27)29)13-26-28(23)17-7-9-32-10-8-17/h3-6,11-13,17,20,23H,7-10,14H2,1-2H3. The number of methoxy groups -OCH3 is 2. The van der Waals surface area contributed by atoms with Crippen molar-refractivity contribution in [1.29, 1.82) is 0 Å². The van der Waals surface area contributed by atoms with Gasteiger partial charge in [0.05, 0.1) is 38.5 Å². The smallest absolute Gasteiger partial charge is 0.238 e. The number of anilines is 1. The van der Waals surface area contributed by atoms with Crippen molar-refractivity contribution in [3.05, 3.63) is 52.0 Å². The molecule has 2 aromatic carbocycles. The van der Waals surface area contributed by atoms with Gasteiger partial charge in [0.2, 0.25) is 5.91 Å². The van der Waals surface area contributed by atoms with Gasteiger partial charge in [-0.25, -0.2) is 0 Å². The third-order valence-electron chi connectivity index (χ3n) is 6.53. The third-order valence-corrected chi connectivity index (χ3v) is 7.02. The van der Waals surface area contributed by atoms with E-state index in [4.69, 9.17) is 19.3 Å². The first-order valence-electron chi connectivity index (χ1n) is 10.8. The minimum Gasteiger partial charge on any atom is -0.497 e. The third kappa shape index (κ3) is 3.65. The summed E-state index contributed by atoms with van der Waals surface area (Å²) in [6, 6.07) is 12.1. The highest BCUT2D eigenvalue weighted by molar-refractivity contribution is 9.10. The second kappa shape index (κ2) is 8.75. The van der Waals surface area contributed by atoms with E-state index in [1.165, 1.54) is 0 Å². The maximum atomic E-state index is 13.7. The van der Waals surface area contributed by atoms with E-state index in [1.54, 1.807) is 14.2 Å². The maximum Gasteiger partial charge on any atom is 0.238 e. The molecule has 0 N–H and O–H groups in total. The number of hydrogen-bond acceptors (Lipinski definition) is 6. The first-order chi connectivity index (χ1) is 15.6. The van der Waals surface area contributed by atoms with Crippen molar-refractivity contribution >= 4 is 33.7 Å². The second-order valence-corrected chi connectivity index (χ2v) is 9.18. The van der Waals surface area contributed by atoms with Gasteiger partial charge in [-0.3, -0.25) is 9.80 Å². The highest BCUT2D eigenvalue weighted by Gasteiger charge is 2.47. The van der Waals surface area contributed by atoms with Gasteiger partial charge in [-0.05, 0) is 37.1 Å². The quantitative estimate of drug-likeness (QED) is 0.618. The highest BCUT2D eigenvalue weighted by Crippen LogP contribution is 2.47.